The minimum absolute atomic E-state index is 0.0951. The summed E-state index contributed by atoms with van der Waals surface area (Å²) in [5.74, 6) is -2.84. The smallest absolute Gasteiger partial charge is 0.257 e. The summed E-state index contributed by atoms with van der Waals surface area (Å²) in [5.41, 5.74) is -0.617. The maximum atomic E-state index is 13.3. The van der Waals surface area contributed by atoms with Crippen molar-refractivity contribution >= 4 is 11.8 Å². The van der Waals surface area contributed by atoms with E-state index in [1.807, 2.05) is 0 Å². The maximum absolute atomic E-state index is 13.3. The van der Waals surface area contributed by atoms with E-state index in [9.17, 15) is 18.4 Å². The fourth-order valence-electron chi connectivity index (χ4n) is 1.51. The minimum Gasteiger partial charge on any atom is -0.354 e. The van der Waals surface area contributed by atoms with Crippen molar-refractivity contribution in [2.45, 2.75) is 6.42 Å². The lowest BCUT2D eigenvalue weighted by Crippen LogP contribution is -2.36. The Bertz CT molecular complexity index is 460. The molecule has 0 aromatic heterocycles. The average Bonchev–Trinajstić information content (AvgIpc) is 2.41. The minimum atomic E-state index is -0.916. The van der Waals surface area contributed by atoms with Gasteiger partial charge in [-0.3, -0.25) is 9.59 Å². The van der Waals surface area contributed by atoms with E-state index >= 15 is 0 Å². The quantitative estimate of drug-likeness (QED) is 0.636. The monoisotopic (exact) mass is 285 g/mol. The van der Waals surface area contributed by atoms with Gasteiger partial charge in [0.25, 0.3) is 5.91 Å². The second kappa shape index (κ2) is 8.21. The van der Waals surface area contributed by atoms with Crippen LogP contribution >= 0.6 is 0 Å². The van der Waals surface area contributed by atoms with Crippen molar-refractivity contribution < 1.29 is 18.4 Å². The normalized spacial score (nSPS) is 10.2. The van der Waals surface area contributed by atoms with Crippen LogP contribution in [-0.4, -0.2) is 38.5 Å². The largest absolute Gasteiger partial charge is 0.354 e. The maximum Gasteiger partial charge on any atom is 0.257 e. The molecular formula is C13H17F2N3O2. The van der Waals surface area contributed by atoms with E-state index in [1.54, 1.807) is 7.05 Å². The van der Waals surface area contributed by atoms with Gasteiger partial charge in [-0.2, -0.15) is 0 Å². The van der Waals surface area contributed by atoms with Gasteiger partial charge >= 0.3 is 0 Å². The zero-order valence-corrected chi connectivity index (χ0v) is 11.1. The molecule has 1 aromatic rings. The molecule has 3 N–H and O–H groups in total. The summed E-state index contributed by atoms with van der Waals surface area (Å²) in [4.78, 5) is 22.8. The zero-order valence-electron chi connectivity index (χ0n) is 11.1. The highest BCUT2D eigenvalue weighted by Gasteiger charge is 2.16. The predicted octanol–water partition coefficient (Wildman–Crippen LogP) is 0.420. The predicted molar refractivity (Wildman–Crippen MR) is 70.2 cm³/mol. The lowest BCUT2D eigenvalue weighted by Gasteiger charge is -2.08. The summed E-state index contributed by atoms with van der Waals surface area (Å²) >= 11 is 0. The molecule has 0 atom stereocenters. The summed E-state index contributed by atoms with van der Waals surface area (Å²) in [7, 11) is 1.73. The van der Waals surface area contributed by atoms with Crippen LogP contribution in [0.5, 0.6) is 0 Å². The van der Waals surface area contributed by atoms with Crippen molar-refractivity contribution in [1.82, 2.24) is 16.0 Å². The number of nitrogens with one attached hydrogen (secondary N) is 3. The van der Waals surface area contributed by atoms with Crippen LogP contribution in [0.4, 0.5) is 8.78 Å². The van der Waals surface area contributed by atoms with E-state index in [0.717, 1.165) is 12.1 Å². The Balaban J connectivity index is 2.35. The van der Waals surface area contributed by atoms with Gasteiger partial charge in [0.05, 0.1) is 0 Å². The summed E-state index contributed by atoms with van der Waals surface area (Å²) < 4.78 is 26.6. The molecule has 0 aliphatic rings. The van der Waals surface area contributed by atoms with Crippen LogP contribution in [0.1, 0.15) is 16.8 Å². The van der Waals surface area contributed by atoms with Crippen molar-refractivity contribution in [2.75, 3.05) is 26.7 Å². The highest BCUT2D eigenvalue weighted by molar-refractivity contribution is 5.94. The van der Waals surface area contributed by atoms with Gasteiger partial charge in [-0.25, -0.2) is 8.78 Å². The van der Waals surface area contributed by atoms with Crippen molar-refractivity contribution in [3.63, 3.8) is 0 Å². The van der Waals surface area contributed by atoms with Crippen LogP contribution in [0.2, 0.25) is 0 Å². The molecule has 1 aromatic carbocycles. The first kappa shape index (κ1) is 16.0. The third-order valence-electron chi connectivity index (χ3n) is 2.52. The molecule has 110 valence electrons. The SMILES string of the molecule is CNCCC(=O)NCCNC(=O)c1c(F)cccc1F. The third kappa shape index (κ3) is 4.93. The first-order valence-electron chi connectivity index (χ1n) is 6.19. The second-order valence-corrected chi connectivity index (χ2v) is 4.06. The molecule has 0 spiro atoms. The van der Waals surface area contributed by atoms with E-state index < -0.39 is 23.1 Å². The molecule has 2 amide bonds. The molecule has 7 heteroatoms. The van der Waals surface area contributed by atoms with Crippen LogP contribution in [0, 0.1) is 11.6 Å². The first-order chi connectivity index (χ1) is 9.56. The number of halogens is 2. The molecular weight excluding hydrogens is 268 g/mol. The summed E-state index contributed by atoms with van der Waals surface area (Å²) in [6.45, 7) is 0.848. The van der Waals surface area contributed by atoms with Crippen molar-refractivity contribution in [1.29, 1.82) is 0 Å². The van der Waals surface area contributed by atoms with Gasteiger partial charge in [0.1, 0.15) is 17.2 Å². The van der Waals surface area contributed by atoms with Crippen molar-refractivity contribution in [2.24, 2.45) is 0 Å². The number of hydrogen-bond donors (Lipinski definition) is 3. The van der Waals surface area contributed by atoms with Gasteiger partial charge in [-0.15, -0.1) is 0 Å². The molecule has 0 aliphatic heterocycles. The van der Waals surface area contributed by atoms with Crippen LogP contribution < -0.4 is 16.0 Å². The molecule has 0 saturated carbocycles. The van der Waals surface area contributed by atoms with Crippen molar-refractivity contribution in [3.8, 4) is 0 Å². The van der Waals surface area contributed by atoms with Crippen LogP contribution in [-0.2, 0) is 4.79 Å². The lowest BCUT2D eigenvalue weighted by atomic mass is 10.2. The molecule has 0 radical (unpaired) electrons. The van der Waals surface area contributed by atoms with Gasteiger partial charge in [0.2, 0.25) is 5.91 Å². The fourth-order valence-corrected chi connectivity index (χ4v) is 1.51. The number of carbonyl (C=O) groups is 2. The molecule has 5 nitrogen and oxygen atoms in total. The lowest BCUT2D eigenvalue weighted by molar-refractivity contribution is -0.120. The zero-order chi connectivity index (χ0) is 15.0. The Kier molecular flexibility index (Phi) is 6.58. The molecule has 0 heterocycles. The first-order valence-corrected chi connectivity index (χ1v) is 6.19. The van der Waals surface area contributed by atoms with Gasteiger partial charge in [0.15, 0.2) is 0 Å². The number of hydrogen-bond acceptors (Lipinski definition) is 3. The Morgan fingerprint density at radius 1 is 1.05 bits per heavy atom. The van der Waals surface area contributed by atoms with E-state index in [4.69, 9.17) is 0 Å². The van der Waals surface area contributed by atoms with Crippen LogP contribution in [0.3, 0.4) is 0 Å². The van der Waals surface area contributed by atoms with Crippen LogP contribution in [0.15, 0.2) is 18.2 Å². The van der Waals surface area contributed by atoms with Gasteiger partial charge < -0.3 is 16.0 Å². The van der Waals surface area contributed by atoms with E-state index in [-0.39, 0.29) is 19.0 Å². The fraction of sp³-hybridized carbons (Fsp3) is 0.385. The van der Waals surface area contributed by atoms with Gasteiger partial charge in [-0.05, 0) is 19.2 Å². The Morgan fingerprint density at radius 3 is 2.25 bits per heavy atom. The number of rotatable bonds is 7. The topological polar surface area (TPSA) is 70.2 Å². The molecule has 1 rings (SSSR count). The molecule has 20 heavy (non-hydrogen) atoms. The summed E-state index contributed by atoms with van der Waals surface area (Å²) in [6.07, 6.45) is 0.326. The van der Waals surface area contributed by atoms with Gasteiger partial charge in [-0.1, -0.05) is 6.07 Å². The molecule has 0 unspecified atom stereocenters. The van der Waals surface area contributed by atoms with E-state index in [1.165, 1.54) is 6.07 Å². The number of carbonyl (C=O) groups excluding carboxylic acids is 2. The molecule has 0 aliphatic carbocycles. The van der Waals surface area contributed by atoms with E-state index in [2.05, 4.69) is 16.0 Å². The summed E-state index contributed by atoms with van der Waals surface area (Å²) in [5, 5.41) is 7.74. The molecule has 0 saturated heterocycles. The Hall–Kier alpha value is -2.02. The van der Waals surface area contributed by atoms with E-state index in [0.29, 0.717) is 13.0 Å². The highest BCUT2D eigenvalue weighted by atomic mass is 19.1. The third-order valence-corrected chi connectivity index (χ3v) is 2.52. The van der Waals surface area contributed by atoms with Crippen LogP contribution in [0.25, 0.3) is 0 Å². The Morgan fingerprint density at radius 2 is 1.65 bits per heavy atom. The van der Waals surface area contributed by atoms with Gasteiger partial charge in [0, 0.05) is 26.1 Å². The highest BCUT2D eigenvalue weighted by Crippen LogP contribution is 2.11. The number of amides is 2. The Labute approximate surface area is 115 Å². The second-order valence-electron chi connectivity index (χ2n) is 4.06. The summed E-state index contributed by atoms with van der Waals surface area (Å²) in [6, 6.07) is 3.21. The number of benzene rings is 1. The standard InChI is InChI=1S/C13H17F2N3O2/c1-16-6-5-11(19)17-7-8-18-13(20)12-9(14)3-2-4-10(12)15/h2-4,16H,5-8H2,1H3,(H,17,19)(H,18,20). The van der Waals surface area contributed by atoms with Crippen molar-refractivity contribution in [3.05, 3.63) is 35.4 Å². The molecule has 0 bridgehead atoms. The molecule has 0 fully saturated rings. The average molecular weight is 285 g/mol.